The summed E-state index contributed by atoms with van der Waals surface area (Å²) >= 11 is 1.32. The van der Waals surface area contributed by atoms with E-state index >= 15 is 0 Å². The van der Waals surface area contributed by atoms with Crippen LogP contribution in [-0.4, -0.2) is 36.9 Å². The summed E-state index contributed by atoms with van der Waals surface area (Å²) in [5, 5.41) is 21.4. The van der Waals surface area contributed by atoms with Crippen LogP contribution in [0.2, 0.25) is 0 Å². The van der Waals surface area contributed by atoms with E-state index in [1.807, 2.05) is 23.7 Å². The van der Waals surface area contributed by atoms with Crippen LogP contribution in [-0.2, 0) is 11.8 Å². The zero-order valence-corrected chi connectivity index (χ0v) is 14.9. The molecule has 1 aliphatic rings. The van der Waals surface area contributed by atoms with Gasteiger partial charge in [0.15, 0.2) is 11.0 Å². The van der Waals surface area contributed by atoms with Crippen molar-refractivity contribution in [1.29, 1.82) is 5.26 Å². The third kappa shape index (κ3) is 3.99. The molecule has 0 bridgehead atoms. The average molecular weight is 356 g/mol. The maximum atomic E-state index is 12.3. The van der Waals surface area contributed by atoms with Crippen molar-refractivity contribution < 1.29 is 4.79 Å². The van der Waals surface area contributed by atoms with Crippen LogP contribution in [0, 0.1) is 11.3 Å². The van der Waals surface area contributed by atoms with Gasteiger partial charge in [-0.3, -0.25) is 9.78 Å². The van der Waals surface area contributed by atoms with Crippen LogP contribution in [0.25, 0.3) is 11.4 Å². The first kappa shape index (κ1) is 17.4. The Kier molecular flexibility index (Phi) is 5.34. The van der Waals surface area contributed by atoms with Crippen molar-refractivity contribution in [1.82, 2.24) is 25.1 Å². The van der Waals surface area contributed by atoms with E-state index < -0.39 is 5.54 Å². The summed E-state index contributed by atoms with van der Waals surface area (Å²) in [6.45, 7) is 0. The minimum atomic E-state index is -0.696. The van der Waals surface area contributed by atoms with Crippen molar-refractivity contribution in [2.45, 2.75) is 42.8 Å². The number of nitrogens with one attached hydrogen (secondary N) is 1. The van der Waals surface area contributed by atoms with Crippen molar-refractivity contribution >= 4 is 17.7 Å². The Morgan fingerprint density at radius 2 is 2.04 bits per heavy atom. The lowest BCUT2D eigenvalue weighted by molar-refractivity contribution is -0.120. The molecule has 1 amide bonds. The number of carbonyl (C=O) groups is 1. The molecule has 1 fully saturated rings. The van der Waals surface area contributed by atoms with Crippen LogP contribution < -0.4 is 5.32 Å². The minimum Gasteiger partial charge on any atom is -0.337 e. The Bertz CT molecular complexity index is 776. The van der Waals surface area contributed by atoms with E-state index in [-0.39, 0.29) is 11.7 Å². The first-order chi connectivity index (χ1) is 12.1. The predicted molar refractivity (Wildman–Crippen MR) is 94.5 cm³/mol. The first-order valence-corrected chi connectivity index (χ1v) is 9.27. The molecular weight excluding hydrogens is 336 g/mol. The quantitative estimate of drug-likeness (QED) is 0.826. The van der Waals surface area contributed by atoms with Crippen molar-refractivity contribution in [3.05, 3.63) is 24.5 Å². The molecule has 0 aromatic carbocycles. The van der Waals surface area contributed by atoms with Crippen LogP contribution in [0.3, 0.4) is 0 Å². The molecule has 0 saturated heterocycles. The second-order valence-electron chi connectivity index (χ2n) is 6.19. The van der Waals surface area contributed by atoms with Gasteiger partial charge in [-0.2, -0.15) is 5.26 Å². The Hall–Kier alpha value is -2.40. The van der Waals surface area contributed by atoms with Gasteiger partial charge in [-0.25, -0.2) is 0 Å². The van der Waals surface area contributed by atoms with Crippen molar-refractivity contribution in [2.75, 3.05) is 5.75 Å². The summed E-state index contributed by atoms with van der Waals surface area (Å²) in [7, 11) is 1.87. The van der Waals surface area contributed by atoms with E-state index in [9.17, 15) is 10.1 Å². The Balaban J connectivity index is 1.61. The minimum absolute atomic E-state index is 0.137. The van der Waals surface area contributed by atoms with Crippen molar-refractivity contribution in [2.24, 2.45) is 7.05 Å². The zero-order valence-electron chi connectivity index (χ0n) is 14.1. The van der Waals surface area contributed by atoms with Gasteiger partial charge >= 0.3 is 0 Å². The molecule has 7 nitrogen and oxygen atoms in total. The van der Waals surface area contributed by atoms with Crippen LogP contribution in [0.4, 0.5) is 0 Å². The summed E-state index contributed by atoms with van der Waals surface area (Å²) in [6.07, 6.45) is 7.97. The van der Waals surface area contributed by atoms with Crippen LogP contribution in [0.5, 0.6) is 0 Å². The second-order valence-corrected chi connectivity index (χ2v) is 7.14. The molecule has 25 heavy (non-hydrogen) atoms. The highest BCUT2D eigenvalue weighted by molar-refractivity contribution is 7.99. The number of aromatic nitrogens is 4. The van der Waals surface area contributed by atoms with Gasteiger partial charge in [-0.05, 0) is 25.0 Å². The van der Waals surface area contributed by atoms with E-state index in [4.69, 9.17) is 0 Å². The molecule has 2 aromatic heterocycles. The van der Waals surface area contributed by atoms with Gasteiger partial charge < -0.3 is 9.88 Å². The molecule has 8 heteroatoms. The zero-order chi connectivity index (χ0) is 17.7. The molecule has 0 aliphatic heterocycles. The van der Waals surface area contributed by atoms with Gasteiger partial charge in [-0.15, -0.1) is 10.2 Å². The molecule has 0 spiro atoms. The van der Waals surface area contributed by atoms with E-state index in [0.717, 1.165) is 43.5 Å². The summed E-state index contributed by atoms with van der Waals surface area (Å²) in [6, 6.07) is 6.04. The molecule has 0 atom stereocenters. The molecule has 2 heterocycles. The normalized spacial score (nSPS) is 16.2. The molecule has 130 valence electrons. The number of rotatable bonds is 5. The lowest BCUT2D eigenvalue weighted by atomic mass is 9.83. The van der Waals surface area contributed by atoms with Gasteiger partial charge in [-0.1, -0.05) is 31.0 Å². The molecule has 1 aliphatic carbocycles. The number of nitrogens with zero attached hydrogens (tertiary/aromatic N) is 5. The van der Waals surface area contributed by atoms with Crippen LogP contribution >= 0.6 is 11.8 Å². The Morgan fingerprint density at radius 1 is 1.32 bits per heavy atom. The topological polar surface area (TPSA) is 96.5 Å². The number of pyridine rings is 1. The number of carbonyl (C=O) groups excluding carboxylic acids is 1. The highest BCUT2D eigenvalue weighted by atomic mass is 32.2. The number of nitriles is 1. The number of hydrogen-bond donors (Lipinski definition) is 1. The molecule has 0 radical (unpaired) electrons. The van der Waals surface area contributed by atoms with E-state index in [1.54, 1.807) is 12.4 Å². The standard InChI is InChI=1S/C17H20N6OS/c1-23-15(13-5-9-19-10-6-13)21-22-16(23)25-11-14(24)20-17(12-18)7-3-2-4-8-17/h5-6,9-10H,2-4,7-8,11H2,1H3,(H,20,24). The highest BCUT2D eigenvalue weighted by Gasteiger charge is 2.33. The van der Waals surface area contributed by atoms with E-state index in [1.165, 1.54) is 11.8 Å². The summed E-state index contributed by atoms with van der Waals surface area (Å²) in [4.78, 5) is 16.3. The van der Waals surface area contributed by atoms with Crippen molar-refractivity contribution in [3.63, 3.8) is 0 Å². The third-order valence-corrected chi connectivity index (χ3v) is 5.43. The van der Waals surface area contributed by atoms with Gasteiger partial charge in [0.05, 0.1) is 11.8 Å². The SMILES string of the molecule is Cn1c(SCC(=O)NC2(C#N)CCCCC2)nnc1-c1ccncc1. The fraction of sp³-hybridized carbons (Fsp3) is 0.471. The van der Waals surface area contributed by atoms with E-state index in [0.29, 0.717) is 5.16 Å². The fourth-order valence-electron chi connectivity index (χ4n) is 3.05. The van der Waals surface area contributed by atoms with Gasteiger partial charge in [0, 0.05) is 25.0 Å². The summed E-state index contributed by atoms with van der Waals surface area (Å²) < 4.78 is 1.86. The maximum absolute atomic E-state index is 12.3. The fourth-order valence-corrected chi connectivity index (χ4v) is 3.76. The smallest absolute Gasteiger partial charge is 0.231 e. The lowest BCUT2D eigenvalue weighted by Gasteiger charge is -2.31. The average Bonchev–Trinajstić information content (AvgIpc) is 3.02. The summed E-state index contributed by atoms with van der Waals surface area (Å²) in [5.41, 5.74) is 0.227. The van der Waals surface area contributed by atoms with Gasteiger partial charge in [0.1, 0.15) is 5.54 Å². The van der Waals surface area contributed by atoms with E-state index in [2.05, 4.69) is 26.6 Å². The monoisotopic (exact) mass is 356 g/mol. The van der Waals surface area contributed by atoms with Gasteiger partial charge in [0.25, 0.3) is 0 Å². The Morgan fingerprint density at radius 3 is 2.72 bits per heavy atom. The van der Waals surface area contributed by atoms with Crippen LogP contribution in [0.15, 0.2) is 29.7 Å². The lowest BCUT2D eigenvalue weighted by Crippen LogP contribution is -2.49. The second kappa shape index (κ2) is 7.66. The van der Waals surface area contributed by atoms with Crippen LogP contribution in [0.1, 0.15) is 32.1 Å². The highest BCUT2D eigenvalue weighted by Crippen LogP contribution is 2.28. The number of thioether (sulfide) groups is 1. The summed E-state index contributed by atoms with van der Waals surface area (Å²) in [5.74, 6) is 0.805. The number of amides is 1. The van der Waals surface area contributed by atoms with Gasteiger partial charge in [0.2, 0.25) is 5.91 Å². The molecule has 3 rings (SSSR count). The third-order valence-electron chi connectivity index (χ3n) is 4.41. The van der Waals surface area contributed by atoms with Crippen molar-refractivity contribution in [3.8, 4) is 17.5 Å². The first-order valence-electron chi connectivity index (χ1n) is 8.28. The molecule has 2 aromatic rings. The number of hydrogen-bond acceptors (Lipinski definition) is 6. The molecular formula is C17H20N6OS. The maximum Gasteiger partial charge on any atom is 0.231 e. The predicted octanol–water partition coefficient (Wildman–Crippen LogP) is 2.31. The molecule has 1 saturated carbocycles. The Labute approximate surface area is 150 Å². The molecule has 0 unspecified atom stereocenters. The largest absolute Gasteiger partial charge is 0.337 e. The molecule has 1 N–H and O–H groups in total.